The van der Waals surface area contributed by atoms with Crippen molar-refractivity contribution in [1.82, 2.24) is 0 Å². The zero-order valence-electron chi connectivity index (χ0n) is 10.3. The second-order valence-electron chi connectivity index (χ2n) is 5.12. The maximum Gasteiger partial charge on any atom is 0.306 e. The van der Waals surface area contributed by atoms with E-state index in [0.29, 0.717) is 12.8 Å². The number of carbonyl (C=O) groups is 1. The van der Waals surface area contributed by atoms with E-state index < -0.39 is 32.9 Å². The topological polar surface area (TPSA) is 89.9 Å². The van der Waals surface area contributed by atoms with Crippen LogP contribution >= 0.6 is 0 Å². The number of ether oxygens (including phenoxy) is 2. The SMILES string of the molecule is CC1(CC2CCCS2(=O)=O)OCC(CC(=O)O)O1. The number of sulfone groups is 1. The van der Waals surface area contributed by atoms with E-state index in [-0.39, 0.29) is 25.2 Å². The molecular formula is C11H18O6S. The summed E-state index contributed by atoms with van der Waals surface area (Å²) >= 11 is 0. The van der Waals surface area contributed by atoms with Crippen molar-refractivity contribution in [3.8, 4) is 0 Å². The van der Waals surface area contributed by atoms with Gasteiger partial charge in [-0.05, 0) is 19.8 Å². The fourth-order valence-electron chi connectivity index (χ4n) is 2.59. The average Bonchev–Trinajstić information content (AvgIpc) is 2.71. The van der Waals surface area contributed by atoms with Crippen molar-refractivity contribution in [2.45, 2.75) is 49.7 Å². The fourth-order valence-corrected chi connectivity index (χ4v) is 4.58. The van der Waals surface area contributed by atoms with Crippen LogP contribution in [0, 0.1) is 0 Å². The van der Waals surface area contributed by atoms with Gasteiger partial charge in [-0.1, -0.05) is 0 Å². The summed E-state index contributed by atoms with van der Waals surface area (Å²) in [6, 6.07) is 0. The first kappa shape index (κ1) is 13.8. The Bertz CT molecular complexity index is 431. The van der Waals surface area contributed by atoms with E-state index in [0.717, 1.165) is 0 Å². The summed E-state index contributed by atoms with van der Waals surface area (Å²) in [5.74, 6) is -1.68. The average molecular weight is 278 g/mol. The third kappa shape index (κ3) is 3.02. The molecule has 0 amide bonds. The lowest BCUT2D eigenvalue weighted by molar-refractivity contribution is -0.162. The van der Waals surface area contributed by atoms with Gasteiger partial charge in [0.05, 0.1) is 30.1 Å². The fraction of sp³-hybridized carbons (Fsp3) is 0.909. The molecule has 2 rings (SSSR count). The van der Waals surface area contributed by atoms with Crippen molar-refractivity contribution in [3.63, 3.8) is 0 Å². The van der Waals surface area contributed by atoms with Gasteiger partial charge in [-0.3, -0.25) is 4.79 Å². The monoisotopic (exact) mass is 278 g/mol. The Morgan fingerprint density at radius 3 is 2.78 bits per heavy atom. The molecule has 2 fully saturated rings. The lowest BCUT2D eigenvalue weighted by atomic mass is 10.1. The van der Waals surface area contributed by atoms with Crippen molar-refractivity contribution < 1.29 is 27.8 Å². The highest BCUT2D eigenvalue weighted by molar-refractivity contribution is 7.92. The van der Waals surface area contributed by atoms with E-state index in [9.17, 15) is 13.2 Å². The van der Waals surface area contributed by atoms with E-state index in [2.05, 4.69) is 0 Å². The van der Waals surface area contributed by atoms with Crippen LogP contribution in [0.15, 0.2) is 0 Å². The van der Waals surface area contributed by atoms with Gasteiger partial charge in [-0.15, -0.1) is 0 Å². The summed E-state index contributed by atoms with van der Waals surface area (Å²) in [7, 11) is -3.03. The molecule has 2 aliphatic rings. The smallest absolute Gasteiger partial charge is 0.306 e. The summed E-state index contributed by atoms with van der Waals surface area (Å²) < 4.78 is 34.5. The van der Waals surface area contributed by atoms with E-state index in [1.54, 1.807) is 6.92 Å². The van der Waals surface area contributed by atoms with Crippen molar-refractivity contribution in [2.24, 2.45) is 0 Å². The predicted molar refractivity (Wildman–Crippen MR) is 62.9 cm³/mol. The van der Waals surface area contributed by atoms with Gasteiger partial charge in [-0.2, -0.15) is 0 Å². The van der Waals surface area contributed by atoms with Gasteiger partial charge in [0.1, 0.15) is 0 Å². The molecule has 2 heterocycles. The quantitative estimate of drug-likeness (QED) is 0.808. The van der Waals surface area contributed by atoms with Gasteiger partial charge in [0.15, 0.2) is 15.6 Å². The molecule has 0 radical (unpaired) electrons. The minimum atomic E-state index is -3.03. The number of hydrogen-bond acceptors (Lipinski definition) is 5. The predicted octanol–water partition coefficient (Wildman–Crippen LogP) is 0.560. The second kappa shape index (κ2) is 4.79. The highest BCUT2D eigenvalue weighted by Crippen LogP contribution is 2.34. The van der Waals surface area contributed by atoms with Crippen molar-refractivity contribution in [2.75, 3.05) is 12.4 Å². The standard InChI is InChI=1S/C11H18O6S/c1-11(6-9-3-2-4-18(9,14)15)16-7-8(17-11)5-10(12)13/h8-9H,2-7H2,1H3,(H,12,13). The highest BCUT2D eigenvalue weighted by atomic mass is 32.2. The minimum absolute atomic E-state index is 0.118. The normalized spacial score (nSPS) is 38.9. The third-order valence-corrected chi connectivity index (χ3v) is 5.73. The third-order valence-electron chi connectivity index (χ3n) is 3.45. The molecule has 3 atom stereocenters. The second-order valence-corrected chi connectivity index (χ2v) is 7.52. The lowest BCUT2D eigenvalue weighted by Crippen LogP contribution is -2.34. The van der Waals surface area contributed by atoms with E-state index >= 15 is 0 Å². The number of aliphatic carboxylic acids is 1. The zero-order chi connectivity index (χ0) is 13.4. The first-order chi connectivity index (χ1) is 8.31. The maximum absolute atomic E-state index is 11.7. The Balaban J connectivity index is 1.95. The van der Waals surface area contributed by atoms with Crippen LogP contribution in [0.2, 0.25) is 0 Å². The van der Waals surface area contributed by atoms with Gasteiger partial charge in [-0.25, -0.2) is 8.42 Å². The summed E-state index contributed by atoms with van der Waals surface area (Å²) in [5, 5.41) is 8.26. The van der Waals surface area contributed by atoms with Crippen molar-refractivity contribution >= 4 is 15.8 Å². The summed E-state index contributed by atoms with van der Waals surface area (Å²) in [5.41, 5.74) is 0. The van der Waals surface area contributed by atoms with Gasteiger partial charge < -0.3 is 14.6 Å². The molecule has 1 N–H and O–H groups in total. The molecule has 0 bridgehead atoms. The molecular weight excluding hydrogens is 260 g/mol. The molecule has 104 valence electrons. The Hall–Kier alpha value is -0.660. The molecule has 7 heteroatoms. The highest BCUT2D eigenvalue weighted by Gasteiger charge is 2.44. The molecule has 0 aliphatic carbocycles. The molecule has 0 aromatic carbocycles. The lowest BCUT2D eigenvalue weighted by Gasteiger charge is -2.25. The Morgan fingerprint density at radius 2 is 2.22 bits per heavy atom. The molecule has 2 saturated heterocycles. The Labute approximate surface area is 106 Å². The van der Waals surface area contributed by atoms with Crippen LogP contribution in [-0.2, 0) is 24.1 Å². The molecule has 18 heavy (non-hydrogen) atoms. The molecule has 0 aromatic rings. The van der Waals surface area contributed by atoms with Crippen molar-refractivity contribution in [3.05, 3.63) is 0 Å². The molecule has 0 saturated carbocycles. The minimum Gasteiger partial charge on any atom is -0.481 e. The van der Waals surface area contributed by atoms with E-state index in [1.165, 1.54) is 0 Å². The van der Waals surface area contributed by atoms with Crippen LogP contribution in [0.5, 0.6) is 0 Å². The van der Waals surface area contributed by atoms with E-state index in [4.69, 9.17) is 14.6 Å². The van der Waals surface area contributed by atoms with Gasteiger partial charge in [0, 0.05) is 6.42 Å². The molecule has 0 aromatic heterocycles. The molecule has 6 nitrogen and oxygen atoms in total. The van der Waals surface area contributed by atoms with Crippen LogP contribution in [0.25, 0.3) is 0 Å². The van der Waals surface area contributed by atoms with E-state index in [1.807, 2.05) is 0 Å². The van der Waals surface area contributed by atoms with Crippen LogP contribution in [-0.4, -0.2) is 49.0 Å². The van der Waals surface area contributed by atoms with Gasteiger partial charge >= 0.3 is 5.97 Å². The summed E-state index contributed by atoms with van der Waals surface area (Å²) in [6.45, 7) is 1.89. The van der Waals surface area contributed by atoms with Crippen LogP contribution < -0.4 is 0 Å². The van der Waals surface area contributed by atoms with Crippen LogP contribution in [0.1, 0.15) is 32.6 Å². The first-order valence-electron chi connectivity index (χ1n) is 6.06. The Kier molecular flexibility index (Phi) is 3.66. The van der Waals surface area contributed by atoms with Gasteiger partial charge in [0.25, 0.3) is 0 Å². The van der Waals surface area contributed by atoms with Crippen LogP contribution in [0.3, 0.4) is 0 Å². The number of carboxylic acid groups (broad SMARTS) is 1. The molecule has 0 spiro atoms. The maximum atomic E-state index is 11.7. The Morgan fingerprint density at radius 1 is 1.50 bits per heavy atom. The summed E-state index contributed by atoms with van der Waals surface area (Å²) in [4.78, 5) is 10.6. The van der Waals surface area contributed by atoms with Crippen molar-refractivity contribution in [1.29, 1.82) is 0 Å². The number of hydrogen-bond donors (Lipinski definition) is 1. The van der Waals surface area contributed by atoms with Crippen LogP contribution in [0.4, 0.5) is 0 Å². The molecule has 2 aliphatic heterocycles. The first-order valence-corrected chi connectivity index (χ1v) is 7.77. The van der Waals surface area contributed by atoms with Gasteiger partial charge in [0.2, 0.25) is 0 Å². The molecule has 3 unspecified atom stereocenters. The number of rotatable bonds is 4. The summed E-state index contributed by atoms with van der Waals surface area (Å²) in [6.07, 6.45) is 0.991. The zero-order valence-corrected chi connectivity index (χ0v) is 11.1. The number of carboxylic acids is 1. The largest absolute Gasteiger partial charge is 0.481 e.